The fourth-order valence-corrected chi connectivity index (χ4v) is 2.97. The SMILES string of the molecule is O=C(CNC(=O)C1CCCC1)Nc1cccc(NC(=O)C2CC2)c1. The smallest absolute Gasteiger partial charge is 0.243 e. The van der Waals surface area contributed by atoms with E-state index in [-0.39, 0.29) is 36.1 Å². The maximum atomic E-state index is 12.0. The zero-order valence-corrected chi connectivity index (χ0v) is 13.6. The van der Waals surface area contributed by atoms with Crippen LogP contribution in [0.5, 0.6) is 0 Å². The summed E-state index contributed by atoms with van der Waals surface area (Å²) in [6.45, 7) is -0.0337. The lowest BCUT2D eigenvalue weighted by Gasteiger charge is -2.11. The van der Waals surface area contributed by atoms with Gasteiger partial charge in [-0.3, -0.25) is 14.4 Å². The zero-order valence-electron chi connectivity index (χ0n) is 13.6. The summed E-state index contributed by atoms with van der Waals surface area (Å²) in [7, 11) is 0. The molecule has 1 aromatic carbocycles. The number of hydrogen-bond donors (Lipinski definition) is 3. The van der Waals surface area contributed by atoms with Crippen molar-refractivity contribution in [3.63, 3.8) is 0 Å². The first-order valence-corrected chi connectivity index (χ1v) is 8.60. The molecular formula is C18H23N3O3. The maximum absolute atomic E-state index is 12.0. The van der Waals surface area contributed by atoms with Gasteiger partial charge in [-0.15, -0.1) is 0 Å². The van der Waals surface area contributed by atoms with E-state index in [1.165, 1.54) is 0 Å². The average molecular weight is 329 g/mol. The van der Waals surface area contributed by atoms with Gasteiger partial charge in [0, 0.05) is 23.2 Å². The van der Waals surface area contributed by atoms with Crippen molar-refractivity contribution in [3.05, 3.63) is 24.3 Å². The lowest BCUT2D eigenvalue weighted by atomic mass is 10.1. The van der Waals surface area contributed by atoms with E-state index in [1.54, 1.807) is 24.3 Å². The van der Waals surface area contributed by atoms with Gasteiger partial charge in [0.05, 0.1) is 6.54 Å². The molecule has 0 aliphatic heterocycles. The number of carbonyl (C=O) groups excluding carboxylic acids is 3. The highest BCUT2D eigenvalue weighted by Crippen LogP contribution is 2.30. The molecule has 0 heterocycles. The van der Waals surface area contributed by atoms with Crippen LogP contribution in [0.1, 0.15) is 38.5 Å². The zero-order chi connectivity index (χ0) is 16.9. The van der Waals surface area contributed by atoms with Crippen LogP contribution in [0.15, 0.2) is 24.3 Å². The van der Waals surface area contributed by atoms with Gasteiger partial charge in [-0.25, -0.2) is 0 Å². The predicted octanol–water partition coefficient (Wildman–Crippen LogP) is 2.28. The van der Waals surface area contributed by atoms with Crippen molar-refractivity contribution in [2.75, 3.05) is 17.2 Å². The molecule has 0 radical (unpaired) electrons. The average Bonchev–Trinajstić information content (AvgIpc) is 3.28. The van der Waals surface area contributed by atoms with E-state index in [0.29, 0.717) is 11.4 Å². The molecule has 0 bridgehead atoms. The normalized spacial score (nSPS) is 17.3. The molecule has 2 aliphatic carbocycles. The highest BCUT2D eigenvalue weighted by molar-refractivity contribution is 5.97. The molecule has 3 amide bonds. The number of benzene rings is 1. The number of hydrogen-bond acceptors (Lipinski definition) is 3. The molecule has 0 atom stereocenters. The highest BCUT2D eigenvalue weighted by Gasteiger charge is 2.29. The Morgan fingerprint density at radius 1 is 0.875 bits per heavy atom. The van der Waals surface area contributed by atoms with Crippen molar-refractivity contribution < 1.29 is 14.4 Å². The number of nitrogens with one attached hydrogen (secondary N) is 3. The Kier molecular flexibility index (Phi) is 5.13. The van der Waals surface area contributed by atoms with Crippen molar-refractivity contribution in [2.24, 2.45) is 11.8 Å². The van der Waals surface area contributed by atoms with Gasteiger partial charge in [0.2, 0.25) is 17.7 Å². The fourth-order valence-electron chi connectivity index (χ4n) is 2.97. The van der Waals surface area contributed by atoms with Crippen LogP contribution >= 0.6 is 0 Å². The van der Waals surface area contributed by atoms with Gasteiger partial charge in [0.25, 0.3) is 0 Å². The third kappa shape index (κ3) is 4.57. The van der Waals surface area contributed by atoms with E-state index in [4.69, 9.17) is 0 Å². The molecule has 0 spiro atoms. The summed E-state index contributed by atoms with van der Waals surface area (Å²) in [6.07, 6.45) is 5.89. The van der Waals surface area contributed by atoms with Crippen LogP contribution in [-0.2, 0) is 14.4 Å². The van der Waals surface area contributed by atoms with Gasteiger partial charge in [-0.2, -0.15) is 0 Å². The van der Waals surface area contributed by atoms with Gasteiger partial charge < -0.3 is 16.0 Å². The molecule has 3 N–H and O–H groups in total. The van der Waals surface area contributed by atoms with Crippen LogP contribution in [0.4, 0.5) is 11.4 Å². The van der Waals surface area contributed by atoms with Gasteiger partial charge in [-0.05, 0) is 43.9 Å². The number of rotatable bonds is 6. The van der Waals surface area contributed by atoms with Gasteiger partial charge >= 0.3 is 0 Å². The topological polar surface area (TPSA) is 87.3 Å². The van der Waals surface area contributed by atoms with Crippen LogP contribution in [-0.4, -0.2) is 24.3 Å². The summed E-state index contributed by atoms with van der Waals surface area (Å²) in [6, 6.07) is 7.04. The van der Waals surface area contributed by atoms with Crippen LogP contribution in [0.3, 0.4) is 0 Å². The second-order valence-corrected chi connectivity index (χ2v) is 6.59. The quantitative estimate of drug-likeness (QED) is 0.748. The Bertz CT molecular complexity index is 634. The van der Waals surface area contributed by atoms with Crippen LogP contribution in [0.25, 0.3) is 0 Å². The number of anilines is 2. The first-order valence-electron chi connectivity index (χ1n) is 8.60. The Morgan fingerprint density at radius 2 is 1.50 bits per heavy atom. The summed E-state index contributed by atoms with van der Waals surface area (Å²) in [4.78, 5) is 35.6. The Labute approximate surface area is 141 Å². The van der Waals surface area contributed by atoms with Crippen molar-refractivity contribution >= 4 is 29.1 Å². The molecule has 128 valence electrons. The first kappa shape index (κ1) is 16.5. The summed E-state index contributed by atoms with van der Waals surface area (Å²) in [5.41, 5.74) is 1.27. The Morgan fingerprint density at radius 3 is 2.17 bits per heavy atom. The predicted molar refractivity (Wildman–Crippen MR) is 91.4 cm³/mol. The van der Waals surface area contributed by atoms with Gasteiger partial charge in [0.1, 0.15) is 0 Å². The second-order valence-electron chi connectivity index (χ2n) is 6.59. The van der Waals surface area contributed by atoms with Crippen LogP contribution in [0.2, 0.25) is 0 Å². The summed E-state index contributed by atoms with van der Waals surface area (Å²) < 4.78 is 0. The fraction of sp³-hybridized carbons (Fsp3) is 0.500. The first-order chi connectivity index (χ1) is 11.6. The van der Waals surface area contributed by atoms with Crippen molar-refractivity contribution in [1.82, 2.24) is 5.32 Å². The number of amides is 3. The van der Waals surface area contributed by atoms with E-state index < -0.39 is 0 Å². The lowest BCUT2D eigenvalue weighted by molar-refractivity contribution is -0.127. The number of carbonyl (C=O) groups is 3. The largest absolute Gasteiger partial charge is 0.347 e. The van der Waals surface area contributed by atoms with E-state index >= 15 is 0 Å². The Balaban J connectivity index is 1.46. The Hall–Kier alpha value is -2.37. The van der Waals surface area contributed by atoms with E-state index in [1.807, 2.05) is 0 Å². The molecule has 2 saturated carbocycles. The molecule has 6 heteroatoms. The molecule has 3 rings (SSSR count). The highest BCUT2D eigenvalue weighted by atomic mass is 16.2. The monoisotopic (exact) mass is 329 g/mol. The van der Waals surface area contributed by atoms with E-state index in [0.717, 1.165) is 38.5 Å². The van der Waals surface area contributed by atoms with Gasteiger partial charge in [-0.1, -0.05) is 18.9 Å². The summed E-state index contributed by atoms with van der Waals surface area (Å²) in [5.74, 6) is -0.0878. The molecule has 24 heavy (non-hydrogen) atoms. The second kappa shape index (κ2) is 7.47. The van der Waals surface area contributed by atoms with Crippen molar-refractivity contribution in [2.45, 2.75) is 38.5 Å². The molecule has 1 aromatic rings. The standard InChI is InChI=1S/C18H23N3O3/c22-16(11-19-17(23)12-4-1-2-5-12)20-14-6-3-7-15(10-14)21-18(24)13-8-9-13/h3,6-7,10,12-13H,1-2,4-5,8-9,11H2,(H,19,23)(H,20,22)(H,21,24). The van der Waals surface area contributed by atoms with E-state index in [2.05, 4.69) is 16.0 Å². The summed E-state index contributed by atoms with van der Waals surface area (Å²) in [5, 5.41) is 8.28. The van der Waals surface area contributed by atoms with Crippen molar-refractivity contribution in [1.29, 1.82) is 0 Å². The maximum Gasteiger partial charge on any atom is 0.243 e. The third-order valence-corrected chi connectivity index (χ3v) is 4.51. The molecule has 0 unspecified atom stereocenters. The molecule has 0 saturated heterocycles. The van der Waals surface area contributed by atoms with Crippen LogP contribution < -0.4 is 16.0 Å². The third-order valence-electron chi connectivity index (χ3n) is 4.51. The molecule has 2 aliphatic rings. The van der Waals surface area contributed by atoms with Crippen molar-refractivity contribution in [3.8, 4) is 0 Å². The minimum Gasteiger partial charge on any atom is -0.347 e. The van der Waals surface area contributed by atoms with Gasteiger partial charge in [0.15, 0.2) is 0 Å². The molecule has 2 fully saturated rings. The minimum atomic E-state index is -0.271. The lowest BCUT2D eigenvalue weighted by Crippen LogP contribution is -2.36. The molecule has 0 aromatic heterocycles. The minimum absolute atomic E-state index is 0.0299. The van der Waals surface area contributed by atoms with Crippen LogP contribution in [0, 0.1) is 11.8 Å². The van der Waals surface area contributed by atoms with E-state index in [9.17, 15) is 14.4 Å². The molecule has 6 nitrogen and oxygen atoms in total. The molecular weight excluding hydrogens is 306 g/mol. The summed E-state index contributed by atoms with van der Waals surface area (Å²) >= 11 is 0.